The Bertz CT molecular complexity index is 791. The highest BCUT2D eigenvalue weighted by molar-refractivity contribution is 6.30. The molecule has 1 saturated carbocycles. The Hall–Kier alpha value is -2.11. The van der Waals surface area contributed by atoms with Crippen molar-refractivity contribution >= 4 is 23.5 Å². The topological polar surface area (TPSA) is 75.6 Å². The summed E-state index contributed by atoms with van der Waals surface area (Å²) in [6, 6.07) is 7.03. The molecule has 29 heavy (non-hydrogen) atoms. The Morgan fingerprint density at radius 3 is 2.90 bits per heavy atom. The standard InChI is InChI=1S/C23H28ClNO4/c1-29-21(27)9-4-2-3-8-19-15-10-11-17(12-15)22(19)23(28)25-14-20(26)16-6-5-7-18(24)13-16/h3,5-8,10-11,13,15,17,19-20,22,26H,2,4,9,12,14H2,1H3,(H,25,28). The van der Waals surface area contributed by atoms with Crippen molar-refractivity contribution in [3.05, 3.63) is 59.2 Å². The van der Waals surface area contributed by atoms with Crippen LogP contribution in [-0.4, -0.2) is 30.6 Å². The van der Waals surface area contributed by atoms with Gasteiger partial charge in [0.25, 0.3) is 0 Å². The summed E-state index contributed by atoms with van der Waals surface area (Å²) in [6.07, 6.45) is 10.7. The number of nitrogens with one attached hydrogen (secondary N) is 1. The summed E-state index contributed by atoms with van der Waals surface area (Å²) >= 11 is 5.97. The second kappa shape index (κ2) is 10.1. The van der Waals surface area contributed by atoms with Gasteiger partial charge in [0.1, 0.15) is 0 Å². The normalized spacial score (nSPS) is 26.0. The van der Waals surface area contributed by atoms with Gasteiger partial charge in [0, 0.05) is 18.0 Å². The van der Waals surface area contributed by atoms with E-state index in [0.717, 1.165) is 19.3 Å². The third-order valence-electron chi connectivity index (χ3n) is 5.86. The van der Waals surface area contributed by atoms with Crippen LogP contribution in [0.1, 0.15) is 37.4 Å². The zero-order valence-electron chi connectivity index (χ0n) is 16.6. The lowest BCUT2D eigenvalue weighted by atomic mass is 9.82. The molecule has 2 aliphatic rings. The molecule has 5 atom stereocenters. The van der Waals surface area contributed by atoms with Crippen LogP contribution in [0.4, 0.5) is 0 Å². The zero-order chi connectivity index (χ0) is 20.8. The first-order chi connectivity index (χ1) is 14.0. The zero-order valence-corrected chi connectivity index (χ0v) is 17.3. The van der Waals surface area contributed by atoms with Crippen LogP contribution in [0.2, 0.25) is 5.02 Å². The predicted octanol–water partition coefficient (Wildman–Crippen LogP) is 3.83. The van der Waals surface area contributed by atoms with Gasteiger partial charge in [-0.15, -0.1) is 0 Å². The van der Waals surface area contributed by atoms with Crippen LogP contribution in [-0.2, 0) is 14.3 Å². The van der Waals surface area contributed by atoms with Gasteiger partial charge in [-0.1, -0.05) is 48.0 Å². The summed E-state index contributed by atoms with van der Waals surface area (Å²) in [7, 11) is 1.40. The number of amides is 1. The number of hydrogen-bond donors (Lipinski definition) is 2. The number of carbonyl (C=O) groups is 2. The molecule has 1 aromatic carbocycles. The summed E-state index contributed by atoms with van der Waals surface area (Å²) in [5.74, 6) is 0.447. The van der Waals surface area contributed by atoms with E-state index in [9.17, 15) is 14.7 Å². The quantitative estimate of drug-likeness (QED) is 0.364. The number of halogens is 1. The van der Waals surface area contributed by atoms with Crippen LogP contribution in [0.25, 0.3) is 0 Å². The summed E-state index contributed by atoms with van der Waals surface area (Å²) in [6.45, 7) is 0.159. The first-order valence-electron chi connectivity index (χ1n) is 10.1. The maximum Gasteiger partial charge on any atom is 0.305 e. The van der Waals surface area contributed by atoms with Crippen molar-refractivity contribution < 1.29 is 19.4 Å². The molecule has 0 aliphatic heterocycles. The van der Waals surface area contributed by atoms with E-state index in [1.165, 1.54) is 7.11 Å². The third kappa shape index (κ3) is 5.49. The van der Waals surface area contributed by atoms with E-state index >= 15 is 0 Å². The van der Waals surface area contributed by atoms with Crippen LogP contribution < -0.4 is 5.32 Å². The predicted molar refractivity (Wildman–Crippen MR) is 112 cm³/mol. The van der Waals surface area contributed by atoms with Crippen molar-refractivity contribution in [2.75, 3.05) is 13.7 Å². The molecule has 0 heterocycles. The molecule has 2 N–H and O–H groups in total. The monoisotopic (exact) mass is 417 g/mol. The van der Waals surface area contributed by atoms with Crippen LogP contribution in [0.15, 0.2) is 48.6 Å². The average Bonchev–Trinajstić information content (AvgIpc) is 3.33. The number of ether oxygens (including phenoxy) is 1. The maximum atomic E-state index is 12.9. The highest BCUT2D eigenvalue weighted by Crippen LogP contribution is 2.48. The van der Waals surface area contributed by atoms with Crippen molar-refractivity contribution in [1.29, 1.82) is 0 Å². The van der Waals surface area contributed by atoms with Gasteiger partial charge in [0.05, 0.1) is 19.1 Å². The second-order valence-electron chi connectivity index (χ2n) is 7.76. The minimum Gasteiger partial charge on any atom is -0.469 e. The van der Waals surface area contributed by atoms with Crippen LogP contribution in [0, 0.1) is 23.7 Å². The first kappa shape index (κ1) is 21.6. The summed E-state index contributed by atoms with van der Waals surface area (Å²) in [5.41, 5.74) is 0.688. The van der Waals surface area contributed by atoms with E-state index in [1.807, 2.05) is 0 Å². The van der Waals surface area contributed by atoms with Gasteiger partial charge in [-0.25, -0.2) is 0 Å². The molecular weight excluding hydrogens is 390 g/mol. The fraction of sp³-hybridized carbons (Fsp3) is 0.478. The van der Waals surface area contributed by atoms with Crippen molar-refractivity contribution in [3.63, 3.8) is 0 Å². The molecule has 1 aromatic rings. The van der Waals surface area contributed by atoms with Gasteiger partial charge in [-0.2, -0.15) is 0 Å². The molecule has 6 heteroatoms. The molecule has 2 bridgehead atoms. The number of aliphatic hydroxyl groups is 1. The van der Waals surface area contributed by atoms with Gasteiger partial charge >= 0.3 is 5.97 Å². The average molecular weight is 418 g/mol. The Labute approximate surface area is 176 Å². The number of methoxy groups -OCH3 is 1. The van der Waals surface area contributed by atoms with Crippen LogP contribution in [0.5, 0.6) is 0 Å². The van der Waals surface area contributed by atoms with Crippen LogP contribution in [0.3, 0.4) is 0 Å². The van der Waals surface area contributed by atoms with E-state index in [1.54, 1.807) is 24.3 Å². The smallest absolute Gasteiger partial charge is 0.305 e. The summed E-state index contributed by atoms with van der Waals surface area (Å²) in [4.78, 5) is 24.1. The minimum atomic E-state index is -0.793. The Morgan fingerprint density at radius 2 is 2.14 bits per heavy atom. The van der Waals surface area contributed by atoms with Crippen molar-refractivity contribution in [2.45, 2.75) is 31.8 Å². The molecule has 2 aliphatic carbocycles. The van der Waals surface area contributed by atoms with Crippen LogP contribution >= 0.6 is 11.6 Å². The van der Waals surface area contributed by atoms with Gasteiger partial charge < -0.3 is 15.2 Å². The Balaban J connectivity index is 1.54. The van der Waals surface area contributed by atoms with E-state index in [2.05, 4.69) is 34.4 Å². The SMILES string of the molecule is COC(=O)CCCC=CC1C2C=CC(C2)C1C(=O)NCC(O)c1cccc(Cl)c1. The number of rotatable bonds is 9. The van der Waals surface area contributed by atoms with Crippen molar-refractivity contribution in [2.24, 2.45) is 23.7 Å². The first-order valence-corrected chi connectivity index (χ1v) is 10.5. The largest absolute Gasteiger partial charge is 0.469 e. The third-order valence-corrected chi connectivity index (χ3v) is 6.10. The molecule has 156 valence electrons. The van der Waals surface area contributed by atoms with Gasteiger partial charge in [0.2, 0.25) is 5.91 Å². The number of carbonyl (C=O) groups excluding carboxylic acids is 2. The molecular formula is C23H28ClNO4. The van der Waals surface area contributed by atoms with Gasteiger partial charge in [-0.3, -0.25) is 9.59 Å². The molecule has 0 saturated heterocycles. The lowest BCUT2D eigenvalue weighted by molar-refractivity contribution is -0.140. The van der Waals surface area contributed by atoms with Gasteiger partial charge in [0.15, 0.2) is 0 Å². The number of fused-ring (bicyclic) bond motifs is 2. The number of unbranched alkanes of at least 4 members (excludes halogenated alkanes) is 1. The Morgan fingerprint density at radius 1 is 1.34 bits per heavy atom. The molecule has 3 rings (SSSR count). The number of esters is 1. The maximum absolute atomic E-state index is 12.9. The highest BCUT2D eigenvalue weighted by Gasteiger charge is 2.46. The molecule has 5 nitrogen and oxygen atoms in total. The number of hydrogen-bond acceptors (Lipinski definition) is 4. The Kier molecular flexibility index (Phi) is 7.51. The second-order valence-corrected chi connectivity index (χ2v) is 8.20. The molecule has 5 unspecified atom stereocenters. The molecule has 1 fully saturated rings. The van der Waals surface area contributed by atoms with E-state index < -0.39 is 6.10 Å². The number of benzene rings is 1. The lowest BCUT2D eigenvalue weighted by Gasteiger charge is -2.25. The molecule has 0 radical (unpaired) electrons. The highest BCUT2D eigenvalue weighted by atomic mass is 35.5. The van der Waals surface area contributed by atoms with Gasteiger partial charge in [-0.05, 0) is 54.7 Å². The lowest BCUT2D eigenvalue weighted by Crippen LogP contribution is -2.38. The van der Waals surface area contributed by atoms with E-state index in [0.29, 0.717) is 22.9 Å². The summed E-state index contributed by atoms with van der Waals surface area (Å²) < 4.78 is 4.65. The van der Waals surface area contributed by atoms with E-state index in [-0.39, 0.29) is 36.2 Å². The molecule has 1 amide bonds. The summed E-state index contributed by atoms with van der Waals surface area (Å²) in [5, 5.41) is 13.8. The molecule has 0 spiro atoms. The van der Waals surface area contributed by atoms with Crippen molar-refractivity contribution in [1.82, 2.24) is 5.32 Å². The minimum absolute atomic E-state index is 0.0212. The fourth-order valence-electron chi connectivity index (χ4n) is 4.36. The number of allylic oxidation sites excluding steroid dienone is 4. The molecule has 0 aromatic heterocycles. The number of aliphatic hydroxyl groups excluding tert-OH is 1. The van der Waals surface area contributed by atoms with Crippen molar-refractivity contribution in [3.8, 4) is 0 Å². The fourth-order valence-corrected chi connectivity index (χ4v) is 4.56. The van der Waals surface area contributed by atoms with E-state index in [4.69, 9.17) is 11.6 Å².